The molecule has 2 aromatic carbocycles. The number of rotatable bonds is 5. The van der Waals surface area contributed by atoms with Crippen LogP contribution in [0.1, 0.15) is 36.9 Å². The maximum Gasteiger partial charge on any atom is 0.242 e. The molecule has 0 unspecified atom stereocenters. The van der Waals surface area contributed by atoms with Gasteiger partial charge in [0.25, 0.3) is 0 Å². The molecule has 0 aliphatic carbocycles. The smallest absolute Gasteiger partial charge is 0.242 e. The fourth-order valence-electron chi connectivity index (χ4n) is 3.06. The minimum Gasteiger partial charge on any atom is -0.283 e. The number of halogens is 1. The molecule has 6 nitrogen and oxygen atoms in total. The minimum absolute atomic E-state index is 0.108. The lowest BCUT2D eigenvalue weighted by Gasteiger charge is -2.21. The number of hydrazone groups is 1. The SMILES string of the molecule is CCC(=O)N1N=C(c2ccccc2NS(C)(=O)=O)C[C@@H]1c1cccc(Cl)c1. The van der Waals surface area contributed by atoms with E-state index in [4.69, 9.17) is 11.6 Å². The zero-order valence-corrected chi connectivity index (χ0v) is 16.6. The van der Waals surface area contributed by atoms with Crippen molar-refractivity contribution in [3.8, 4) is 0 Å². The lowest BCUT2D eigenvalue weighted by atomic mass is 9.97. The molecule has 2 aromatic rings. The predicted octanol–water partition coefficient (Wildman–Crippen LogP) is 3.80. The summed E-state index contributed by atoms with van der Waals surface area (Å²) in [6.07, 6.45) is 1.88. The number of benzene rings is 2. The molecule has 1 atom stereocenters. The molecule has 1 heterocycles. The van der Waals surface area contributed by atoms with Gasteiger partial charge >= 0.3 is 0 Å². The molecule has 0 saturated heterocycles. The Balaban J connectivity index is 2.02. The molecule has 0 saturated carbocycles. The monoisotopic (exact) mass is 405 g/mol. The molecule has 1 N–H and O–H groups in total. The molecule has 0 spiro atoms. The van der Waals surface area contributed by atoms with Crippen LogP contribution >= 0.6 is 11.6 Å². The van der Waals surface area contributed by atoms with Gasteiger partial charge in [0.05, 0.1) is 23.7 Å². The van der Waals surface area contributed by atoms with Gasteiger partial charge in [0, 0.05) is 23.4 Å². The van der Waals surface area contributed by atoms with Crippen molar-refractivity contribution in [3.63, 3.8) is 0 Å². The summed E-state index contributed by atoms with van der Waals surface area (Å²) < 4.78 is 25.9. The van der Waals surface area contributed by atoms with Crippen LogP contribution in [0.2, 0.25) is 5.02 Å². The number of sulfonamides is 1. The van der Waals surface area contributed by atoms with Gasteiger partial charge in [-0.15, -0.1) is 0 Å². The molecular weight excluding hydrogens is 386 g/mol. The van der Waals surface area contributed by atoms with Crippen molar-refractivity contribution in [2.24, 2.45) is 5.10 Å². The highest BCUT2D eigenvalue weighted by molar-refractivity contribution is 7.92. The van der Waals surface area contributed by atoms with Gasteiger partial charge in [0.2, 0.25) is 15.9 Å². The van der Waals surface area contributed by atoms with E-state index < -0.39 is 10.0 Å². The molecule has 1 aliphatic heterocycles. The number of hydrogen-bond donors (Lipinski definition) is 1. The first kappa shape index (κ1) is 19.4. The fraction of sp³-hybridized carbons (Fsp3) is 0.263. The summed E-state index contributed by atoms with van der Waals surface area (Å²) >= 11 is 6.12. The average Bonchev–Trinajstić information content (AvgIpc) is 3.05. The Morgan fingerprint density at radius 3 is 2.67 bits per heavy atom. The Labute approximate surface area is 163 Å². The topological polar surface area (TPSA) is 78.8 Å². The number of amides is 1. The lowest BCUT2D eigenvalue weighted by Crippen LogP contribution is -2.26. The van der Waals surface area contributed by atoms with Crippen LogP contribution in [0.4, 0.5) is 5.69 Å². The van der Waals surface area contributed by atoms with Crippen molar-refractivity contribution < 1.29 is 13.2 Å². The Bertz CT molecular complexity index is 1000. The maximum absolute atomic E-state index is 12.4. The van der Waals surface area contributed by atoms with Gasteiger partial charge in [-0.3, -0.25) is 9.52 Å². The van der Waals surface area contributed by atoms with E-state index >= 15 is 0 Å². The Morgan fingerprint density at radius 2 is 2.00 bits per heavy atom. The van der Waals surface area contributed by atoms with Crippen LogP contribution in [-0.4, -0.2) is 31.3 Å². The second-order valence-corrected chi connectivity index (χ2v) is 8.52. The molecule has 1 amide bonds. The van der Waals surface area contributed by atoms with Crippen LogP contribution in [0, 0.1) is 0 Å². The van der Waals surface area contributed by atoms with Gasteiger partial charge < -0.3 is 0 Å². The highest BCUT2D eigenvalue weighted by Crippen LogP contribution is 2.35. The van der Waals surface area contributed by atoms with Gasteiger partial charge in [-0.25, -0.2) is 13.4 Å². The summed E-state index contributed by atoms with van der Waals surface area (Å²) in [6, 6.07) is 14.1. The number of carbonyl (C=O) groups excluding carboxylic acids is 1. The molecule has 142 valence electrons. The minimum atomic E-state index is -3.44. The van der Waals surface area contributed by atoms with Crippen molar-refractivity contribution in [1.82, 2.24) is 5.01 Å². The zero-order valence-electron chi connectivity index (χ0n) is 15.0. The van der Waals surface area contributed by atoms with E-state index in [1.54, 1.807) is 31.2 Å². The largest absolute Gasteiger partial charge is 0.283 e. The van der Waals surface area contributed by atoms with Crippen molar-refractivity contribution in [1.29, 1.82) is 0 Å². The highest BCUT2D eigenvalue weighted by Gasteiger charge is 2.33. The number of nitrogens with zero attached hydrogens (tertiary/aromatic N) is 2. The number of hydrogen-bond acceptors (Lipinski definition) is 4. The van der Waals surface area contributed by atoms with E-state index in [9.17, 15) is 13.2 Å². The second-order valence-electron chi connectivity index (χ2n) is 6.33. The van der Waals surface area contributed by atoms with E-state index in [1.165, 1.54) is 5.01 Å². The summed E-state index contributed by atoms with van der Waals surface area (Å²) in [5, 5.41) is 6.59. The average molecular weight is 406 g/mol. The van der Waals surface area contributed by atoms with E-state index in [1.807, 2.05) is 24.3 Å². The number of para-hydroxylation sites is 1. The van der Waals surface area contributed by atoms with Gasteiger partial charge in [-0.05, 0) is 23.8 Å². The van der Waals surface area contributed by atoms with Crippen LogP contribution in [-0.2, 0) is 14.8 Å². The summed E-state index contributed by atoms with van der Waals surface area (Å²) in [5.74, 6) is -0.108. The molecule has 0 radical (unpaired) electrons. The molecular formula is C19H20ClN3O3S. The Morgan fingerprint density at radius 1 is 1.26 bits per heavy atom. The van der Waals surface area contributed by atoms with Crippen LogP contribution in [0.25, 0.3) is 0 Å². The van der Waals surface area contributed by atoms with Crippen LogP contribution in [0.3, 0.4) is 0 Å². The Kier molecular flexibility index (Phi) is 5.53. The maximum atomic E-state index is 12.4. The van der Waals surface area contributed by atoms with E-state index in [0.29, 0.717) is 34.8 Å². The van der Waals surface area contributed by atoms with Crippen LogP contribution < -0.4 is 4.72 Å². The standard InChI is InChI=1S/C19H20ClN3O3S/c1-3-19(24)23-18(13-7-6-8-14(20)11-13)12-17(21-23)15-9-4-5-10-16(15)22-27(2,25)26/h4-11,18,22H,3,12H2,1-2H3/t18-/m1/s1. The lowest BCUT2D eigenvalue weighted by molar-refractivity contribution is -0.132. The fourth-order valence-corrected chi connectivity index (χ4v) is 3.84. The number of nitrogens with one attached hydrogen (secondary N) is 1. The van der Waals surface area contributed by atoms with Crippen molar-refractivity contribution in [2.45, 2.75) is 25.8 Å². The first-order chi connectivity index (χ1) is 12.8. The molecule has 1 aliphatic rings. The third kappa shape index (κ3) is 4.48. The highest BCUT2D eigenvalue weighted by atomic mass is 35.5. The van der Waals surface area contributed by atoms with E-state index in [0.717, 1.165) is 11.8 Å². The van der Waals surface area contributed by atoms with E-state index in [2.05, 4.69) is 9.82 Å². The van der Waals surface area contributed by atoms with Gasteiger partial charge in [-0.2, -0.15) is 5.10 Å². The Hall–Kier alpha value is -2.38. The first-order valence-corrected chi connectivity index (χ1v) is 10.8. The quantitative estimate of drug-likeness (QED) is 0.821. The van der Waals surface area contributed by atoms with Crippen LogP contribution in [0.5, 0.6) is 0 Å². The van der Waals surface area contributed by atoms with E-state index in [-0.39, 0.29) is 11.9 Å². The summed E-state index contributed by atoms with van der Waals surface area (Å²) in [7, 11) is -3.44. The molecule has 0 fully saturated rings. The first-order valence-electron chi connectivity index (χ1n) is 8.50. The predicted molar refractivity (Wildman–Crippen MR) is 107 cm³/mol. The molecule has 27 heavy (non-hydrogen) atoms. The van der Waals surface area contributed by atoms with Crippen molar-refractivity contribution in [3.05, 3.63) is 64.7 Å². The van der Waals surface area contributed by atoms with Gasteiger partial charge in [0.1, 0.15) is 0 Å². The molecule has 0 aromatic heterocycles. The van der Waals surface area contributed by atoms with Crippen LogP contribution in [0.15, 0.2) is 53.6 Å². The number of anilines is 1. The zero-order chi connectivity index (χ0) is 19.6. The summed E-state index contributed by atoms with van der Waals surface area (Å²) in [6.45, 7) is 1.78. The summed E-state index contributed by atoms with van der Waals surface area (Å²) in [5.41, 5.74) is 2.63. The normalized spacial score (nSPS) is 16.9. The molecule has 3 rings (SSSR count). The summed E-state index contributed by atoms with van der Waals surface area (Å²) in [4.78, 5) is 12.4. The second kappa shape index (κ2) is 7.70. The van der Waals surface area contributed by atoms with Gasteiger partial charge in [0.15, 0.2) is 0 Å². The van der Waals surface area contributed by atoms with Crippen molar-refractivity contribution in [2.75, 3.05) is 11.0 Å². The third-order valence-electron chi connectivity index (χ3n) is 4.24. The molecule has 8 heteroatoms. The van der Waals surface area contributed by atoms with Crippen molar-refractivity contribution >= 4 is 38.9 Å². The number of carbonyl (C=O) groups is 1. The molecule has 0 bridgehead atoms. The van der Waals surface area contributed by atoms with Gasteiger partial charge in [-0.1, -0.05) is 48.9 Å². The third-order valence-corrected chi connectivity index (χ3v) is 5.06.